The summed E-state index contributed by atoms with van der Waals surface area (Å²) in [6, 6.07) is 12.5. The Balaban J connectivity index is 1.49. The smallest absolute Gasteiger partial charge is 0.266 e. The summed E-state index contributed by atoms with van der Waals surface area (Å²) in [6.07, 6.45) is 3.81. The number of carbonyl (C=O) groups is 1. The maximum absolute atomic E-state index is 13.0. The molecule has 9 heteroatoms. The molecule has 1 aliphatic heterocycles. The Kier molecular flexibility index (Phi) is 5.42. The second-order valence-electron chi connectivity index (χ2n) is 6.35. The van der Waals surface area contributed by atoms with Crippen molar-refractivity contribution in [1.82, 2.24) is 13.8 Å². The fourth-order valence-corrected chi connectivity index (χ4v) is 6.47. The van der Waals surface area contributed by atoms with Gasteiger partial charge in [-0.2, -0.15) is 4.31 Å². The van der Waals surface area contributed by atoms with Gasteiger partial charge in [-0.15, -0.1) is 11.3 Å². The average Bonchev–Trinajstić information content (AvgIpc) is 3.39. The number of halogens is 1. The minimum atomic E-state index is -3.59. The van der Waals surface area contributed by atoms with Crippen molar-refractivity contribution in [3.63, 3.8) is 0 Å². The van der Waals surface area contributed by atoms with Gasteiger partial charge in [-0.25, -0.2) is 8.42 Å². The standard InChI is InChI=1S/C19H18BrN3O3S2/c20-15-5-1-2-6-17(15)28(25,26)23-12-10-22(11-13-23)19(24)18-16(7-14-27-18)21-8-3-4-9-21/h1-9,14H,10-13H2. The van der Waals surface area contributed by atoms with Gasteiger partial charge in [0.2, 0.25) is 10.0 Å². The Morgan fingerprint density at radius 1 is 0.964 bits per heavy atom. The van der Waals surface area contributed by atoms with E-state index in [1.165, 1.54) is 15.6 Å². The molecule has 0 bridgehead atoms. The number of piperazine rings is 1. The zero-order chi connectivity index (χ0) is 19.7. The van der Waals surface area contributed by atoms with E-state index >= 15 is 0 Å². The van der Waals surface area contributed by atoms with Gasteiger partial charge >= 0.3 is 0 Å². The minimum absolute atomic E-state index is 0.0587. The van der Waals surface area contributed by atoms with Gasteiger partial charge in [0.15, 0.2) is 0 Å². The molecule has 0 unspecified atom stereocenters. The first-order valence-electron chi connectivity index (χ1n) is 8.73. The molecule has 3 aromatic rings. The number of amides is 1. The van der Waals surface area contributed by atoms with Gasteiger partial charge in [-0.05, 0) is 51.6 Å². The zero-order valence-corrected chi connectivity index (χ0v) is 18.1. The summed E-state index contributed by atoms with van der Waals surface area (Å²) in [5.74, 6) is -0.0587. The number of thiophene rings is 1. The molecule has 1 amide bonds. The first-order valence-corrected chi connectivity index (χ1v) is 11.8. The lowest BCUT2D eigenvalue weighted by Gasteiger charge is -2.34. The molecule has 0 aliphatic carbocycles. The highest BCUT2D eigenvalue weighted by molar-refractivity contribution is 9.10. The predicted octanol–water partition coefficient (Wildman–Crippen LogP) is 3.45. The molecule has 4 rings (SSSR count). The number of sulfonamides is 1. The van der Waals surface area contributed by atoms with Crippen LogP contribution in [0.1, 0.15) is 9.67 Å². The quantitative estimate of drug-likeness (QED) is 0.575. The van der Waals surface area contributed by atoms with Crippen molar-refractivity contribution in [2.24, 2.45) is 0 Å². The van der Waals surface area contributed by atoms with Crippen LogP contribution in [0.4, 0.5) is 0 Å². The van der Waals surface area contributed by atoms with Crippen molar-refractivity contribution in [1.29, 1.82) is 0 Å². The normalized spacial score (nSPS) is 15.7. The van der Waals surface area contributed by atoms with Crippen molar-refractivity contribution in [2.45, 2.75) is 4.90 Å². The summed E-state index contributed by atoms with van der Waals surface area (Å²) in [5, 5.41) is 1.90. The van der Waals surface area contributed by atoms with Crippen LogP contribution in [-0.2, 0) is 10.0 Å². The zero-order valence-electron chi connectivity index (χ0n) is 14.9. The van der Waals surface area contributed by atoms with Gasteiger partial charge in [0.05, 0.1) is 10.6 Å². The number of hydrogen-bond donors (Lipinski definition) is 0. The number of rotatable bonds is 4. The van der Waals surface area contributed by atoms with E-state index in [2.05, 4.69) is 15.9 Å². The monoisotopic (exact) mass is 479 g/mol. The molecule has 3 heterocycles. The van der Waals surface area contributed by atoms with Gasteiger partial charge in [0.1, 0.15) is 4.88 Å². The summed E-state index contributed by atoms with van der Waals surface area (Å²) in [7, 11) is -3.59. The van der Waals surface area contributed by atoms with Crippen LogP contribution >= 0.6 is 27.3 Å². The first kappa shape index (κ1) is 19.4. The molecule has 1 fully saturated rings. The van der Waals surface area contributed by atoms with E-state index in [-0.39, 0.29) is 23.9 Å². The highest BCUT2D eigenvalue weighted by Gasteiger charge is 2.32. The third-order valence-electron chi connectivity index (χ3n) is 4.70. The van der Waals surface area contributed by atoms with E-state index < -0.39 is 10.0 Å². The van der Waals surface area contributed by atoms with Gasteiger partial charge in [0.25, 0.3) is 5.91 Å². The van der Waals surface area contributed by atoms with Crippen LogP contribution in [0.5, 0.6) is 0 Å². The molecule has 0 radical (unpaired) electrons. The summed E-state index contributed by atoms with van der Waals surface area (Å²) in [5.41, 5.74) is 0.850. The Morgan fingerprint density at radius 2 is 1.64 bits per heavy atom. The van der Waals surface area contributed by atoms with E-state index in [9.17, 15) is 13.2 Å². The van der Waals surface area contributed by atoms with E-state index in [1.54, 1.807) is 29.2 Å². The average molecular weight is 480 g/mol. The SMILES string of the molecule is O=C(c1sccc1-n1cccc1)N1CCN(S(=O)(=O)c2ccccc2Br)CC1. The topological polar surface area (TPSA) is 62.6 Å². The lowest BCUT2D eigenvalue weighted by Crippen LogP contribution is -2.50. The summed E-state index contributed by atoms with van der Waals surface area (Å²) < 4.78 is 29.7. The van der Waals surface area contributed by atoms with Gasteiger partial charge in [0, 0.05) is 43.0 Å². The van der Waals surface area contributed by atoms with Crippen LogP contribution in [0, 0.1) is 0 Å². The number of aromatic nitrogens is 1. The van der Waals surface area contributed by atoms with Crippen molar-refractivity contribution < 1.29 is 13.2 Å². The lowest BCUT2D eigenvalue weighted by molar-refractivity contribution is 0.0703. The van der Waals surface area contributed by atoms with Crippen LogP contribution in [0.2, 0.25) is 0 Å². The first-order chi connectivity index (χ1) is 13.5. The molecule has 0 atom stereocenters. The number of benzene rings is 1. The van der Waals surface area contributed by atoms with Crippen LogP contribution in [-0.4, -0.2) is 54.3 Å². The summed E-state index contributed by atoms with van der Waals surface area (Å²) in [4.78, 5) is 15.6. The molecule has 1 aliphatic rings. The van der Waals surface area contributed by atoms with Gasteiger partial charge in [-0.1, -0.05) is 12.1 Å². The fraction of sp³-hybridized carbons (Fsp3) is 0.211. The van der Waals surface area contributed by atoms with Crippen molar-refractivity contribution >= 4 is 43.2 Å². The van der Waals surface area contributed by atoms with Crippen molar-refractivity contribution in [2.75, 3.05) is 26.2 Å². The number of hydrogen-bond acceptors (Lipinski definition) is 4. The second kappa shape index (κ2) is 7.82. The molecule has 2 aromatic heterocycles. The molecule has 0 spiro atoms. The van der Waals surface area contributed by atoms with E-state index in [4.69, 9.17) is 0 Å². The fourth-order valence-electron chi connectivity index (χ4n) is 3.23. The largest absolute Gasteiger partial charge is 0.335 e. The Bertz CT molecular complexity index is 1090. The molecule has 28 heavy (non-hydrogen) atoms. The van der Waals surface area contributed by atoms with Crippen LogP contribution < -0.4 is 0 Å². The lowest BCUT2D eigenvalue weighted by atomic mass is 10.3. The van der Waals surface area contributed by atoms with Crippen molar-refractivity contribution in [3.8, 4) is 5.69 Å². The highest BCUT2D eigenvalue weighted by Crippen LogP contribution is 2.27. The van der Waals surface area contributed by atoms with Crippen molar-refractivity contribution in [3.05, 3.63) is 69.6 Å². The van der Waals surface area contributed by atoms with Crippen LogP contribution in [0.15, 0.2) is 69.6 Å². The van der Waals surface area contributed by atoms with Crippen LogP contribution in [0.25, 0.3) is 5.69 Å². The summed E-state index contributed by atoms with van der Waals surface area (Å²) in [6.45, 7) is 1.29. The molecule has 0 N–H and O–H groups in total. The highest BCUT2D eigenvalue weighted by atomic mass is 79.9. The second-order valence-corrected chi connectivity index (χ2v) is 10.0. The molecule has 146 valence electrons. The molecule has 6 nitrogen and oxygen atoms in total. The predicted molar refractivity (Wildman–Crippen MR) is 112 cm³/mol. The molecule has 1 saturated heterocycles. The third-order valence-corrected chi connectivity index (χ3v) is 8.50. The molecular weight excluding hydrogens is 462 g/mol. The summed E-state index contributed by atoms with van der Waals surface area (Å²) >= 11 is 4.72. The van der Waals surface area contributed by atoms with Crippen LogP contribution in [0.3, 0.4) is 0 Å². The van der Waals surface area contributed by atoms with E-state index in [0.29, 0.717) is 22.4 Å². The minimum Gasteiger partial charge on any atom is -0.335 e. The number of carbonyl (C=O) groups excluding carboxylic acids is 1. The Morgan fingerprint density at radius 3 is 2.32 bits per heavy atom. The Hall–Kier alpha value is -1.94. The van der Waals surface area contributed by atoms with Gasteiger partial charge < -0.3 is 9.47 Å². The van der Waals surface area contributed by atoms with E-state index in [1.807, 2.05) is 40.5 Å². The Labute approximate surface area is 176 Å². The third kappa shape index (κ3) is 3.55. The van der Waals surface area contributed by atoms with Gasteiger partial charge in [-0.3, -0.25) is 4.79 Å². The molecular formula is C19H18BrN3O3S2. The molecule has 1 aromatic carbocycles. The molecule has 0 saturated carbocycles. The maximum Gasteiger partial charge on any atom is 0.266 e. The number of nitrogens with zero attached hydrogens (tertiary/aromatic N) is 3. The van der Waals surface area contributed by atoms with E-state index in [0.717, 1.165) is 5.69 Å². The maximum atomic E-state index is 13.0.